The van der Waals surface area contributed by atoms with E-state index in [0.29, 0.717) is 28.4 Å². The molecule has 0 bridgehead atoms. The molecule has 134 valence electrons. The molecule has 0 fully saturated rings. The number of ether oxygens (including phenoxy) is 2. The van der Waals surface area contributed by atoms with Crippen LogP contribution in [0.2, 0.25) is 0 Å². The fourth-order valence-corrected chi connectivity index (χ4v) is 3.20. The first-order valence-corrected chi connectivity index (χ1v) is 8.56. The summed E-state index contributed by atoms with van der Waals surface area (Å²) in [6, 6.07) is 22.5. The van der Waals surface area contributed by atoms with E-state index in [2.05, 4.69) is 0 Å². The van der Waals surface area contributed by atoms with Crippen LogP contribution in [0, 0.1) is 0 Å². The fraction of sp³-hybridized carbons (Fsp3) is 0.0870. The van der Waals surface area contributed by atoms with Crippen LogP contribution in [-0.4, -0.2) is 20.0 Å². The Hall–Kier alpha value is -3.53. The van der Waals surface area contributed by atoms with Crippen LogP contribution < -0.4 is 9.47 Å². The van der Waals surface area contributed by atoms with Gasteiger partial charge in [0.25, 0.3) is 0 Å². The van der Waals surface area contributed by atoms with Gasteiger partial charge in [-0.25, -0.2) is 0 Å². The van der Waals surface area contributed by atoms with Crippen LogP contribution in [0.15, 0.2) is 77.2 Å². The summed E-state index contributed by atoms with van der Waals surface area (Å²) in [6.45, 7) is 0. The minimum atomic E-state index is -0.163. The van der Waals surface area contributed by atoms with Crippen LogP contribution in [0.3, 0.4) is 0 Å². The SMILES string of the molecule is COc1cc2oc(C(=O)c3ccccc3)c(-c3ccccc3)c2cc1OC. The second kappa shape index (κ2) is 7.00. The van der Waals surface area contributed by atoms with E-state index in [0.717, 1.165) is 16.5 Å². The predicted molar refractivity (Wildman–Crippen MR) is 105 cm³/mol. The summed E-state index contributed by atoms with van der Waals surface area (Å²) < 4.78 is 16.8. The number of furan rings is 1. The molecule has 1 heterocycles. The molecule has 0 aliphatic rings. The van der Waals surface area contributed by atoms with Gasteiger partial charge in [-0.05, 0) is 11.6 Å². The molecule has 0 aliphatic carbocycles. The molecule has 4 heteroatoms. The maximum atomic E-state index is 13.2. The van der Waals surface area contributed by atoms with Crippen molar-refractivity contribution in [1.29, 1.82) is 0 Å². The van der Waals surface area contributed by atoms with Crippen molar-refractivity contribution in [1.82, 2.24) is 0 Å². The first-order valence-electron chi connectivity index (χ1n) is 8.56. The Bertz CT molecular complexity index is 1100. The minimum absolute atomic E-state index is 0.163. The van der Waals surface area contributed by atoms with Gasteiger partial charge < -0.3 is 13.9 Å². The summed E-state index contributed by atoms with van der Waals surface area (Å²) >= 11 is 0. The number of carbonyl (C=O) groups excluding carboxylic acids is 1. The number of hydrogen-bond donors (Lipinski definition) is 0. The molecule has 4 nitrogen and oxygen atoms in total. The highest BCUT2D eigenvalue weighted by Crippen LogP contribution is 2.41. The van der Waals surface area contributed by atoms with Gasteiger partial charge in [0.15, 0.2) is 17.3 Å². The number of carbonyl (C=O) groups is 1. The molecule has 4 aromatic rings. The fourth-order valence-electron chi connectivity index (χ4n) is 3.20. The summed E-state index contributed by atoms with van der Waals surface area (Å²) in [4.78, 5) is 13.2. The van der Waals surface area contributed by atoms with Gasteiger partial charge in [0, 0.05) is 22.6 Å². The van der Waals surface area contributed by atoms with Crippen LogP contribution in [0.1, 0.15) is 16.1 Å². The van der Waals surface area contributed by atoms with Gasteiger partial charge in [0.05, 0.1) is 14.2 Å². The van der Waals surface area contributed by atoms with Gasteiger partial charge >= 0.3 is 0 Å². The van der Waals surface area contributed by atoms with Crippen LogP contribution in [0.5, 0.6) is 11.5 Å². The van der Waals surface area contributed by atoms with Crippen molar-refractivity contribution in [2.24, 2.45) is 0 Å². The molecular weight excluding hydrogens is 340 g/mol. The summed E-state index contributed by atoms with van der Waals surface area (Å²) in [7, 11) is 3.16. The van der Waals surface area contributed by atoms with Gasteiger partial charge in [-0.3, -0.25) is 4.79 Å². The Morgan fingerprint density at radius 2 is 1.41 bits per heavy atom. The minimum Gasteiger partial charge on any atom is -0.493 e. The topological polar surface area (TPSA) is 48.7 Å². The number of ketones is 1. The Labute approximate surface area is 157 Å². The molecule has 4 rings (SSSR count). The van der Waals surface area contributed by atoms with Crippen molar-refractivity contribution in [3.05, 3.63) is 84.1 Å². The van der Waals surface area contributed by atoms with E-state index in [9.17, 15) is 4.79 Å². The molecule has 0 spiro atoms. The molecule has 0 aliphatic heterocycles. The normalized spacial score (nSPS) is 10.7. The second-order valence-corrected chi connectivity index (χ2v) is 6.07. The van der Waals surface area contributed by atoms with E-state index in [1.165, 1.54) is 0 Å². The first kappa shape index (κ1) is 16.9. The molecule has 3 aromatic carbocycles. The largest absolute Gasteiger partial charge is 0.493 e. The summed E-state index contributed by atoms with van der Waals surface area (Å²) in [5, 5.41) is 0.804. The van der Waals surface area contributed by atoms with E-state index >= 15 is 0 Å². The zero-order chi connectivity index (χ0) is 18.8. The highest BCUT2D eigenvalue weighted by atomic mass is 16.5. The quantitative estimate of drug-likeness (QED) is 0.451. The maximum absolute atomic E-state index is 13.2. The Morgan fingerprint density at radius 1 is 0.815 bits per heavy atom. The standard InChI is InChI=1S/C23H18O4/c1-25-19-13-17-18(14-20(19)26-2)27-23(21(17)15-9-5-3-6-10-15)22(24)16-11-7-4-8-12-16/h3-14H,1-2H3. The van der Waals surface area contributed by atoms with E-state index in [1.807, 2.05) is 54.6 Å². The number of hydrogen-bond acceptors (Lipinski definition) is 4. The highest BCUT2D eigenvalue weighted by molar-refractivity contribution is 6.16. The summed E-state index contributed by atoms with van der Waals surface area (Å²) in [5.41, 5.74) is 2.81. The lowest BCUT2D eigenvalue weighted by molar-refractivity contribution is 0.101. The van der Waals surface area contributed by atoms with Gasteiger partial charge in [-0.15, -0.1) is 0 Å². The molecule has 27 heavy (non-hydrogen) atoms. The molecule has 0 amide bonds. The molecule has 0 unspecified atom stereocenters. The van der Waals surface area contributed by atoms with Crippen LogP contribution in [-0.2, 0) is 0 Å². The molecular formula is C23H18O4. The molecule has 0 N–H and O–H groups in total. The Kier molecular flexibility index (Phi) is 4.38. The smallest absolute Gasteiger partial charge is 0.228 e. The maximum Gasteiger partial charge on any atom is 0.228 e. The zero-order valence-electron chi connectivity index (χ0n) is 15.1. The lowest BCUT2D eigenvalue weighted by Gasteiger charge is -2.07. The third kappa shape index (κ3) is 2.95. The molecule has 1 aromatic heterocycles. The van der Waals surface area contributed by atoms with Crippen molar-refractivity contribution in [2.45, 2.75) is 0 Å². The van der Waals surface area contributed by atoms with Crippen molar-refractivity contribution >= 4 is 16.8 Å². The van der Waals surface area contributed by atoms with Gasteiger partial charge in [-0.2, -0.15) is 0 Å². The third-order valence-electron chi connectivity index (χ3n) is 4.50. The third-order valence-corrected chi connectivity index (χ3v) is 4.50. The monoisotopic (exact) mass is 358 g/mol. The Balaban J connectivity index is 2.01. The summed E-state index contributed by atoms with van der Waals surface area (Å²) in [6.07, 6.45) is 0. The van der Waals surface area contributed by atoms with Crippen molar-refractivity contribution < 1.29 is 18.7 Å². The second-order valence-electron chi connectivity index (χ2n) is 6.07. The van der Waals surface area contributed by atoms with E-state index in [-0.39, 0.29) is 5.78 Å². The number of benzene rings is 3. The van der Waals surface area contributed by atoms with Gasteiger partial charge in [-0.1, -0.05) is 60.7 Å². The lowest BCUT2D eigenvalue weighted by atomic mass is 9.98. The lowest BCUT2D eigenvalue weighted by Crippen LogP contribution is -2.01. The highest BCUT2D eigenvalue weighted by Gasteiger charge is 2.24. The average Bonchev–Trinajstić information content (AvgIpc) is 3.11. The predicted octanol–water partition coefficient (Wildman–Crippen LogP) is 5.35. The van der Waals surface area contributed by atoms with Crippen molar-refractivity contribution in [2.75, 3.05) is 14.2 Å². The van der Waals surface area contributed by atoms with Crippen LogP contribution in [0.4, 0.5) is 0 Å². The molecule has 0 radical (unpaired) electrons. The zero-order valence-corrected chi connectivity index (χ0v) is 15.1. The first-order chi connectivity index (χ1) is 13.2. The van der Waals surface area contributed by atoms with Crippen molar-refractivity contribution in [3.63, 3.8) is 0 Å². The number of fused-ring (bicyclic) bond motifs is 1. The summed E-state index contributed by atoms with van der Waals surface area (Å²) in [5.74, 6) is 1.28. The molecule has 0 atom stereocenters. The van der Waals surface area contributed by atoms with Crippen molar-refractivity contribution in [3.8, 4) is 22.6 Å². The molecule has 0 saturated heterocycles. The number of methoxy groups -OCH3 is 2. The molecule has 0 saturated carbocycles. The van der Waals surface area contributed by atoms with Crippen LogP contribution >= 0.6 is 0 Å². The average molecular weight is 358 g/mol. The van der Waals surface area contributed by atoms with E-state index in [1.54, 1.807) is 32.4 Å². The van der Waals surface area contributed by atoms with E-state index in [4.69, 9.17) is 13.9 Å². The van der Waals surface area contributed by atoms with Crippen LogP contribution in [0.25, 0.3) is 22.1 Å². The Morgan fingerprint density at radius 3 is 2.04 bits per heavy atom. The van der Waals surface area contributed by atoms with Gasteiger partial charge in [0.2, 0.25) is 5.78 Å². The van der Waals surface area contributed by atoms with Gasteiger partial charge in [0.1, 0.15) is 5.58 Å². The van der Waals surface area contributed by atoms with E-state index < -0.39 is 0 Å². The number of rotatable bonds is 5.